The van der Waals surface area contributed by atoms with Crippen LogP contribution in [0.4, 0.5) is 0 Å². The van der Waals surface area contributed by atoms with Gasteiger partial charge in [-0.3, -0.25) is 4.79 Å². The molecule has 4 heteroatoms. The summed E-state index contributed by atoms with van der Waals surface area (Å²) in [7, 11) is 1.42. The number of hydrogen-bond acceptors (Lipinski definition) is 4. The van der Waals surface area contributed by atoms with Crippen LogP contribution in [0.25, 0.3) is 11.0 Å². The topological polar surface area (TPSA) is 51.5 Å². The molecule has 1 atom stereocenters. The third kappa shape index (κ3) is 3.58. The Morgan fingerprint density at radius 3 is 3.05 bits per heavy atom. The van der Waals surface area contributed by atoms with Crippen LogP contribution in [-0.2, 0) is 16.1 Å². The van der Waals surface area contributed by atoms with Crippen LogP contribution in [-0.4, -0.2) is 19.1 Å². The first kappa shape index (κ1) is 13.6. The number of furan rings is 1. The van der Waals surface area contributed by atoms with Crippen LogP contribution in [0.2, 0.25) is 0 Å². The Morgan fingerprint density at radius 1 is 1.42 bits per heavy atom. The summed E-state index contributed by atoms with van der Waals surface area (Å²) in [5.74, 6) is -0.161. The molecule has 0 radical (unpaired) electrons. The minimum absolute atomic E-state index is 0.161. The van der Waals surface area contributed by atoms with Crippen molar-refractivity contribution in [2.45, 2.75) is 32.4 Å². The van der Waals surface area contributed by atoms with Crippen molar-refractivity contribution in [1.82, 2.24) is 5.32 Å². The second-order valence-corrected chi connectivity index (χ2v) is 4.65. The first-order chi connectivity index (χ1) is 9.20. The summed E-state index contributed by atoms with van der Waals surface area (Å²) in [5.41, 5.74) is 2.11. The molecule has 1 N–H and O–H groups in total. The van der Waals surface area contributed by atoms with Crippen molar-refractivity contribution in [3.63, 3.8) is 0 Å². The molecule has 2 rings (SSSR count). The Balaban J connectivity index is 1.88. The zero-order valence-electron chi connectivity index (χ0n) is 11.3. The van der Waals surface area contributed by atoms with Crippen LogP contribution in [0.5, 0.6) is 0 Å². The van der Waals surface area contributed by atoms with Gasteiger partial charge >= 0.3 is 5.97 Å². The van der Waals surface area contributed by atoms with Gasteiger partial charge in [-0.15, -0.1) is 0 Å². The molecule has 1 unspecified atom stereocenters. The van der Waals surface area contributed by atoms with Crippen molar-refractivity contribution in [1.29, 1.82) is 0 Å². The minimum Gasteiger partial charge on any atom is -0.469 e. The number of methoxy groups -OCH3 is 1. The van der Waals surface area contributed by atoms with Gasteiger partial charge in [0, 0.05) is 24.4 Å². The van der Waals surface area contributed by atoms with Crippen LogP contribution >= 0.6 is 0 Å². The molecule has 4 nitrogen and oxygen atoms in total. The van der Waals surface area contributed by atoms with Gasteiger partial charge in [0.25, 0.3) is 0 Å². The first-order valence-corrected chi connectivity index (χ1v) is 6.46. The molecular formula is C15H19NO3. The summed E-state index contributed by atoms with van der Waals surface area (Å²) in [6.45, 7) is 2.83. The molecule has 0 aliphatic rings. The lowest BCUT2D eigenvalue weighted by Crippen LogP contribution is -2.26. The molecule has 102 valence electrons. The number of carbonyl (C=O) groups is 1. The second kappa shape index (κ2) is 6.38. The fourth-order valence-electron chi connectivity index (χ4n) is 2.03. The molecule has 0 spiro atoms. The smallest absolute Gasteiger partial charge is 0.305 e. The Bertz CT molecular complexity index is 547. The normalized spacial score (nSPS) is 12.5. The molecule has 2 aromatic rings. The molecule has 0 fully saturated rings. The van der Waals surface area contributed by atoms with Crippen LogP contribution in [0.15, 0.2) is 34.9 Å². The van der Waals surface area contributed by atoms with Gasteiger partial charge < -0.3 is 14.5 Å². The fraction of sp³-hybridized carbons (Fsp3) is 0.400. The van der Waals surface area contributed by atoms with E-state index in [1.807, 2.05) is 18.2 Å². The monoisotopic (exact) mass is 261 g/mol. The zero-order chi connectivity index (χ0) is 13.7. The van der Waals surface area contributed by atoms with E-state index in [1.165, 1.54) is 12.7 Å². The van der Waals surface area contributed by atoms with Crippen LogP contribution in [0, 0.1) is 0 Å². The molecule has 1 heterocycles. The third-order valence-electron chi connectivity index (χ3n) is 3.24. The van der Waals surface area contributed by atoms with Crippen molar-refractivity contribution >= 4 is 16.9 Å². The predicted octanol–water partition coefficient (Wildman–Crippen LogP) is 2.86. The summed E-state index contributed by atoms with van der Waals surface area (Å²) in [6, 6.07) is 8.27. The lowest BCUT2D eigenvalue weighted by molar-refractivity contribution is -0.140. The van der Waals surface area contributed by atoms with Crippen LogP contribution in [0.1, 0.15) is 25.3 Å². The molecule has 19 heavy (non-hydrogen) atoms. The Hall–Kier alpha value is -1.81. The summed E-state index contributed by atoms with van der Waals surface area (Å²) >= 11 is 0. The lowest BCUT2D eigenvalue weighted by atomic mass is 10.1. The molecule has 0 aliphatic heterocycles. The molecule has 1 aromatic carbocycles. The molecular weight excluding hydrogens is 242 g/mol. The maximum absolute atomic E-state index is 11.1. The summed E-state index contributed by atoms with van der Waals surface area (Å²) in [4.78, 5) is 11.1. The van der Waals surface area contributed by atoms with E-state index >= 15 is 0 Å². The number of rotatable bonds is 6. The van der Waals surface area contributed by atoms with E-state index in [2.05, 4.69) is 23.0 Å². The standard InChI is InChI=1S/C15H19NO3/c1-11(6-7-15(17)18-2)16-10-12-4-3-5-14-13(12)8-9-19-14/h3-5,8-9,11,16H,6-7,10H2,1-2H3. The maximum Gasteiger partial charge on any atom is 0.305 e. The fourth-order valence-corrected chi connectivity index (χ4v) is 2.03. The largest absolute Gasteiger partial charge is 0.469 e. The lowest BCUT2D eigenvalue weighted by Gasteiger charge is -2.13. The van der Waals surface area contributed by atoms with Gasteiger partial charge in [-0.25, -0.2) is 0 Å². The van der Waals surface area contributed by atoms with Gasteiger partial charge in [0.05, 0.1) is 13.4 Å². The molecule has 0 saturated heterocycles. The number of fused-ring (bicyclic) bond motifs is 1. The summed E-state index contributed by atoms with van der Waals surface area (Å²) in [5, 5.41) is 4.55. The predicted molar refractivity (Wildman–Crippen MR) is 73.8 cm³/mol. The maximum atomic E-state index is 11.1. The highest BCUT2D eigenvalue weighted by atomic mass is 16.5. The van der Waals surface area contributed by atoms with Gasteiger partial charge in [0.15, 0.2) is 0 Å². The van der Waals surface area contributed by atoms with Gasteiger partial charge in [0.2, 0.25) is 0 Å². The van der Waals surface area contributed by atoms with Gasteiger partial charge in [-0.05, 0) is 31.0 Å². The molecule has 0 aliphatic carbocycles. The van der Waals surface area contributed by atoms with Crippen molar-refractivity contribution in [3.05, 3.63) is 36.1 Å². The molecule has 1 aromatic heterocycles. The van der Waals surface area contributed by atoms with Crippen LogP contribution < -0.4 is 5.32 Å². The Morgan fingerprint density at radius 2 is 2.26 bits per heavy atom. The van der Waals surface area contributed by atoms with E-state index in [4.69, 9.17) is 4.42 Å². The summed E-state index contributed by atoms with van der Waals surface area (Å²) < 4.78 is 10.0. The van der Waals surface area contributed by atoms with Gasteiger partial charge in [-0.2, -0.15) is 0 Å². The Kier molecular flexibility index (Phi) is 4.58. The average Bonchev–Trinajstić information content (AvgIpc) is 2.91. The number of benzene rings is 1. The highest BCUT2D eigenvalue weighted by Gasteiger charge is 2.08. The molecule has 0 saturated carbocycles. The first-order valence-electron chi connectivity index (χ1n) is 6.46. The number of carbonyl (C=O) groups excluding carboxylic acids is 1. The quantitative estimate of drug-likeness (QED) is 0.812. The Labute approximate surface area is 112 Å². The summed E-state index contributed by atoms with van der Waals surface area (Å²) in [6.07, 6.45) is 2.92. The van der Waals surface area contributed by atoms with E-state index in [0.717, 1.165) is 23.9 Å². The highest BCUT2D eigenvalue weighted by Crippen LogP contribution is 2.19. The number of nitrogens with one attached hydrogen (secondary N) is 1. The van der Waals surface area contributed by atoms with Gasteiger partial charge in [-0.1, -0.05) is 12.1 Å². The zero-order valence-corrected chi connectivity index (χ0v) is 11.3. The van der Waals surface area contributed by atoms with Crippen LogP contribution in [0.3, 0.4) is 0 Å². The number of esters is 1. The van der Waals surface area contributed by atoms with Crippen molar-refractivity contribution in [2.24, 2.45) is 0 Å². The number of ether oxygens (including phenoxy) is 1. The van der Waals surface area contributed by atoms with Crippen molar-refractivity contribution in [2.75, 3.05) is 7.11 Å². The van der Waals surface area contributed by atoms with E-state index in [0.29, 0.717) is 6.42 Å². The van der Waals surface area contributed by atoms with Gasteiger partial charge in [0.1, 0.15) is 5.58 Å². The molecule has 0 amide bonds. The van der Waals surface area contributed by atoms with Crippen molar-refractivity contribution in [3.8, 4) is 0 Å². The van der Waals surface area contributed by atoms with E-state index < -0.39 is 0 Å². The van der Waals surface area contributed by atoms with E-state index in [-0.39, 0.29) is 12.0 Å². The molecule has 0 bridgehead atoms. The highest BCUT2D eigenvalue weighted by molar-refractivity contribution is 5.80. The number of hydrogen-bond donors (Lipinski definition) is 1. The average molecular weight is 261 g/mol. The SMILES string of the molecule is COC(=O)CCC(C)NCc1cccc2occc12. The third-order valence-corrected chi connectivity index (χ3v) is 3.24. The second-order valence-electron chi connectivity index (χ2n) is 4.65. The van der Waals surface area contributed by atoms with E-state index in [1.54, 1.807) is 6.26 Å². The minimum atomic E-state index is -0.161. The van der Waals surface area contributed by atoms with Crippen molar-refractivity contribution < 1.29 is 13.9 Å². The van der Waals surface area contributed by atoms with E-state index in [9.17, 15) is 4.79 Å².